The molecule has 2 fully saturated rings. The predicted octanol–water partition coefficient (Wildman–Crippen LogP) is 2.67. The Balaban J connectivity index is 1.79. The molecular formula is C18H24N2O2. The first-order valence-electron chi connectivity index (χ1n) is 8.18. The fraction of sp³-hybridized carbons (Fsp3) is 0.556. The minimum Gasteiger partial charge on any atom is -0.329 e. The smallest absolute Gasteiger partial charge is 0.249 e. The molecule has 0 bridgehead atoms. The number of carbonyl (C=O) groups is 2. The van der Waals surface area contributed by atoms with Crippen molar-refractivity contribution in [2.24, 2.45) is 5.92 Å². The van der Waals surface area contributed by atoms with Gasteiger partial charge in [-0.1, -0.05) is 18.6 Å². The first-order chi connectivity index (χ1) is 10.5. The molecule has 1 saturated carbocycles. The van der Waals surface area contributed by atoms with Gasteiger partial charge in [0.25, 0.3) is 0 Å². The number of rotatable bonds is 2. The van der Waals surface area contributed by atoms with Crippen LogP contribution in [0.1, 0.15) is 37.3 Å². The zero-order chi connectivity index (χ0) is 15.9. The van der Waals surface area contributed by atoms with Gasteiger partial charge in [0, 0.05) is 24.7 Å². The Labute approximate surface area is 132 Å². The van der Waals surface area contributed by atoms with Crippen molar-refractivity contribution in [2.45, 2.75) is 46.1 Å². The first-order valence-corrected chi connectivity index (χ1v) is 8.18. The molecule has 0 spiro atoms. The molecule has 0 aromatic heterocycles. The number of piperazine rings is 1. The van der Waals surface area contributed by atoms with Crippen LogP contribution in [0.5, 0.6) is 0 Å². The lowest BCUT2D eigenvalue weighted by molar-refractivity contribution is -0.146. The number of nitrogens with zero attached hydrogens (tertiary/aromatic N) is 2. The Morgan fingerprint density at radius 2 is 1.91 bits per heavy atom. The van der Waals surface area contributed by atoms with E-state index in [9.17, 15) is 9.59 Å². The third-order valence-electron chi connectivity index (χ3n) is 5.05. The van der Waals surface area contributed by atoms with E-state index in [1.54, 1.807) is 4.90 Å². The van der Waals surface area contributed by atoms with Crippen LogP contribution in [-0.4, -0.2) is 35.8 Å². The van der Waals surface area contributed by atoms with Crippen LogP contribution in [0.15, 0.2) is 18.2 Å². The van der Waals surface area contributed by atoms with Crippen molar-refractivity contribution in [3.63, 3.8) is 0 Å². The molecule has 1 aliphatic heterocycles. The molecule has 0 radical (unpaired) electrons. The molecule has 1 aromatic carbocycles. The van der Waals surface area contributed by atoms with E-state index >= 15 is 0 Å². The number of aryl methyl sites for hydroxylation is 2. The summed E-state index contributed by atoms with van der Waals surface area (Å²) in [4.78, 5) is 28.9. The van der Waals surface area contributed by atoms with E-state index in [0.717, 1.165) is 36.1 Å². The van der Waals surface area contributed by atoms with Crippen molar-refractivity contribution < 1.29 is 9.59 Å². The molecule has 22 heavy (non-hydrogen) atoms. The predicted molar refractivity (Wildman–Crippen MR) is 86.8 cm³/mol. The molecular weight excluding hydrogens is 276 g/mol. The molecule has 2 aliphatic rings. The zero-order valence-electron chi connectivity index (χ0n) is 13.6. The second-order valence-corrected chi connectivity index (χ2v) is 6.62. The van der Waals surface area contributed by atoms with Crippen LogP contribution in [0.3, 0.4) is 0 Å². The topological polar surface area (TPSA) is 40.6 Å². The average Bonchev–Trinajstić information content (AvgIpc) is 2.43. The summed E-state index contributed by atoms with van der Waals surface area (Å²) in [5.41, 5.74) is 3.23. The van der Waals surface area contributed by atoms with Crippen molar-refractivity contribution in [3.05, 3.63) is 29.3 Å². The highest BCUT2D eigenvalue weighted by atomic mass is 16.2. The van der Waals surface area contributed by atoms with Crippen molar-refractivity contribution in [1.29, 1.82) is 0 Å². The van der Waals surface area contributed by atoms with Crippen molar-refractivity contribution in [3.8, 4) is 0 Å². The Morgan fingerprint density at radius 3 is 2.55 bits per heavy atom. The summed E-state index contributed by atoms with van der Waals surface area (Å²) < 4.78 is 0. The van der Waals surface area contributed by atoms with Crippen LogP contribution in [0, 0.1) is 19.8 Å². The van der Waals surface area contributed by atoms with Crippen molar-refractivity contribution in [2.75, 3.05) is 18.0 Å². The van der Waals surface area contributed by atoms with Crippen LogP contribution in [0.4, 0.5) is 5.69 Å². The maximum absolute atomic E-state index is 12.8. The lowest BCUT2D eigenvalue weighted by Crippen LogP contribution is -2.59. The molecule has 0 N–H and O–H groups in total. The number of hydrogen-bond donors (Lipinski definition) is 0. The quantitative estimate of drug-likeness (QED) is 0.842. The molecule has 1 heterocycles. The summed E-state index contributed by atoms with van der Waals surface area (Å²) in [7, 11) is 0. The standard InChI is InChI=1S/C18H24N2O2/c1-12-7-8-13(2)16(11-12)20-10-9-19(14(3)17(20)21)18(22)15-5-4-6-15/h7-8,11,14-15H,4-6,9-10H2,1-3H3/t14-/m1/s1. The lowest BCUT2D eigenvalue weighted by atomic mass is 9.84. The van der Waals surface area contributed by atoms with Gasteiger partial charge in [0.05, 0.1) is 0 Å². The molecule has 1 atom stereocenters. The maximum atomic E-state index is 12.8. The van der Waals surface area contributed by atoms with Gasteiger partial charge >= 0.3 is 0 Å². The monoisotopic (exact) mass is 300 g/mol. The van der Waals surface area contributed by atoms with Gasteiger partial charge in [-0.25, -0.2) is 0 Å². The number of anilines is 1. The van der Waals surface area contributed by atoms with Crippen LogP contribution in [-0.2, 0) is 9.59 Å². The molecule has 3 rings (SSSR count). The fourth-order valence-electron chi connectivity index (χ4n) is 3.31. The SMILES string of the molecule is Cc1ccc(C)c(N2CCN(C(=O)C3CCC3)[C@H](C)C2=O)c1. The van der Waals surface area contributed by atoms with Gasteiger partial charge in [0.15, 0.2) is 0 Å². The number of carbonyl (C=O) groups excluding carboxylic acids is 2. The highest BCUT2D eigenvalue weighted by Gasteiger charge is 2.39. The molecule has 2 amide bonds. The van der Waals surface area contributed by atoms with E-state index in [4.69, 9.17) is 0 Å². The number of benzene rings is 1. The van der Waals surface area contributed by atoms with Crippen molar-refractivity contribution >= 4 is 17.5 Å². The van der Waals surface area contributed by atoms with E-state index < -0.39 is 0 Å². The fourth-order valence-corrected chi connectivity index (χ4v) is 3.31. The van der Waals surface area contributed by atoms with Crippen molar-refractivity contribution in [1.82, 2.24) is 4.90 Å². The lowest BCUT2D eigenvalue weighted by Gasteiger charge is -2.42. The molecule has 1 saturated heterocycles. The van der Waals surface area contributed by atoms with Gasteiger partial charge in [-0.2, -0.15) is 0 Å². The van der Waals surface area contributed by atoms with Crippen LogP contribution in [0.2, 0.25) is 0 Å². The van der Waals surface area contributed by atoms with Gasteiger partial charge in [-0.3, -0.25) is 9.59 Å². The Bertz CT molecular complexity index is 607. The molecule has 118 valence electrons. The van der Waals surface area contributed by atoms with E-state index in [1.807, 2.05) is 25.7 Å². The van der Waals surface area contributed by atoms with Gasteiger partial charge in [-0.15, -0.1) is 0 Å². The van der Waals surface area contributed by atoms with E-state index in [0.29, 0.717) is 13.1 Å². The Morgan fingerprint density at radius 1 is 1.18 bits per heavy atom. The van der Waals surface area contributed by atoms with Gasteiger partial charge in [0.1, 0.15) is 6.04 Å². The third kappa shape index (κ3) is 2.51. The third-order valence-corrected chi connectivity index (χ3v) is 5.05. The second kappa shape index (κ2) is 5.75. The molecule has 1 aromatic rings. The normalized spacial score (nSPS) is 22.7. The van der Waals surface area contributed by atoms with E-state index in [1.165, 1.54) is 0 Å². The summed E-state index contributed by atoms with van der Waals surface area (Å²) in [5.74, 6) is 0.364. The van der Waals surface area contributed by atoms with Crippen LogP contribution in [0.25, 0.3) is 0 Å². The number of amides is 2. The Hall–Kier alpha value is -1.84. The van der Waals surface area contributed by atoms with Gasteiger partial charge in [-0.05, 0) is 50.8 Å². The summed E-state index contributed by atoms with van der Waals surface area (Å²) >= 11 is 0. The maximum Gasteiger partial charge on any atom is 0.249 e. The van der Waals surface area contributed by atoms with E-state index in [2.05, 4.69) is 18.2 Å². The highest BCUT2D eigenvalue weighted by Crippen LogP contribution is 2.31. The van der Waals surface area contributed by atoms with E-state index in [-0.39, 0.29) is 23.8 Å². The van der Waals surface area contributed by atoms with Crippen LogP contribution >= 0.6 is 0 Å². The Kier molecular flexibility index (Phi) is 3.94. The summed E-state index contributed by atoms with van der Waals surface area (Å²) in [6.45, 7) is 7.14. The van der Waals surface area contributed by atoms with Gasteiger partial charge < -0.3 is 9.80 Å². The molecule has 4 nitrogen and oxygen atoms in total. The van der Waals surface area contributed by atoms with Crippen LogP contribution < -0.4 is 4.90 Å². The molecule has 1 aliphatic carbocycles. The summed E-state index contributed by atoms with van der Waals surface area (Å²) in [5, 5.41) is 0. The second-order valence-electron chi connectivity index (χ2n) is 6.62. The molecule has 4 heteroatoms. The minimum absolute atomic E-state index is 0.0348. The average molecular weight is 300 g/mol. The number of hydrogen-bond acceptors (Lipinski definition) is 2. The largest absolute Gasteiger partial charge is 0.329 e. The van der Waals surface area contributed by atoms with Gasteiger partial charge in [0.2, 0.25) is 11.8 Å². The zero-order valence-corrected chi connectivity index (χ0v) is 13.6. The summed E-state index contributed by atoms with van der Waals surface area (Å²) in [6, 6.07) is 5.81. The first kappa shape index (κ1) is 15.1. The highest BCUT2D eigenvalue weighted by molar-refractivity contribution is 6.01. The minimum atomic E-state index is -0.359. The molecule has 0 unspecified atom stereocenters. The summed E-state index contributed by atoms with van der Waals surface area (Å²) in [6.07, 6.45) is 3.11.